The molecule has 0 aliphatic rings. The van der Waals surface area contributed by atoms with E-state index in [1.54, 1.807) is 14.2 Å². The number of hydrogen-bond acceptors (Lipinski definition) is 3. The maximum absolute atomic E-state index is 5.06. The minimum atomic E-state index is 0.653. The molecule has 0 amide bonds. The van der Waals surface area contributed by atoms with E-state index in [4.69, 9.17) is 14.2 Å². The van der Waals surface area contributed by atoms with Gasteiger partial charge >= 0.3 is 0 Å². The molecule has 0 heterocycles. The van der Waals surface area contributed by atoms with Crippen LogP contribution in [0.1, 0.15) is 51.2 Å². The highest BCUT2D eigenvalue weighted by atomic mass is 79.9. The Hall–Kier alpha value is -0.420. The SMILES string of the molecule is CCCCCBr.CCc1cccc(CC)c1.COCCOCCOC. The number of aryl methyl sites for hydroxylation is 2. The number of rotatable bonds is 11. The van der Waals surface area contributed by atoms with Gasteiger partial charge in [0.15, 0.2) is 0 Å². The predicted molar refractivity (Wildman–Crippen MR) is 113 cm³/mol. The van der Waals surface area contributed by atoms with Crippen LogP contribution in [0.3, 0.4) is 0 Å². The van der Waals surface area contributed by atoms with E-state index in [0.29, 0.717) is 26.4 Å². The van der Waals surface area contributed by atoms with Crippen LogP contribution in [0.15, 0.2) is 24.3 Å². The highest BCUT2D eigenvalue weighted by molar-refractivity contribution is 9.09. The third-order valence-corrected chi connectivity index (χ3v) is 3.97. The summed E-state index contributed by atoms with van der Waals surface area (Å²) in [5.74, 6) is 0. The van der Waals surface area contributed by atoms with Gasteiger partial charge in [0.2, 0.25) is 0 Å². The predicted octanol–water partition coefficient (Wildman–Crippen LogP) is 5.68. The molecule has 0 saturated heterocycles. The first kappa shape index (κ1) is 26.8. The summed E-state index contributed by atoms with van der Waals surface area (Å²) in [5, 5.41) is 1.17. The van der Waals surface area contributed by atoms with E-state index in [1.807, 2.05) is 0 Å². The van der Waals surface area contributed by atoms with Crippen molar-refractivity contribution in [3.8, 4) is 0 Å². The van der Waals surface area contributed by atoms with E-state index in [1.165, 1.54) is 35.7 Å². The summed E-state index contributed by atoms with van der Waals surface area (Å²) >= 11 is 3.35. The molecular weight excluding hydrogens is 380 g/mol. The van der Waals surface area contributed by atoms with Gasteiger partial charge in [-0.3, -0.25) is 0 Å². The van der Waals surface area contributed by atoms with Crippen LogP contribution in [0.2, 0.25) is 0 Å². The van der Waals surface area contributed by atoms with Gasteiger partial charge in [-0.2, -0.15) is 0 Å². The largest absolute Gasteiger partial charge is 0.382 e. The van der Waals surface area contributed by atoms with Crippen LogP contribution in [0, 0.1) is 0 Å². The smallest absolute Gasteiger partial charge is 0.0701 e. The van der Waals surface area contributed by atoms with E-state index < -0.39 is 0 Å². The molecule has 0 saturated carbocycles. The van der Waals surface area contributed by atoms with Crippen molar-refractivity contribution in [2.75, 3.05) is 46.0 Å². The van der Waals surface area contributed by atoms with Crippen LogP contribution in [-0.2, 0) is 27.1 Å². The maximum Gasteiger partial charge on any atom is 0.0701 e. The lowest BCUT2D eigenvalue weighted by Crippen LogP contribution is -2.06. The molecule has 0 fully saturated rings. The van der Waals surface area contributed by atoms with E-state index in [-0.39, 0.29) is 0 Å². The first-order valence-corrected chi connectivity index (χ1v) is 10.5. The molecule has 0 aliphatic carbocycles. The van der Waals surface area contributed by atoms with Crippen molar-refractivity contribution in [1.29, 1.82) is 0 Å². The number of halogens is 1. The molecule has 0 N–H and O–H groups in total. The Morgan fingerprint density at radius 1 is 0.800 bits per heavy atom. The molecule has 148 valence electrons. The van der Waals surface area contributed by atoms with Crippen molar-refractivity contribution in [3.63, 3.8) is 0 Å². The van der Waals surface area contributed by atoms with Crippen molar-refractivity contribution in [2.45, 2.75) is 52.9 Å². The van der Waals surface area contributed by atoms with Crippen molar-refractivity contribution in [3.05, 3.63) is 35.4 Å². The van der Waals surface area contributed by atoms with Crippen LogP contribution in [0.4, 0.5) is 0 Å². The van der Waals surface area contributed by atoms with Gasteiger partial charge in [0, 0.05) is 19.5 Å². The Morgan fingerprint density at radius 2 is 1.32 bits per heavy atom. The lowest BCUT2D eigenvalue weighted by Gasteiger charge is -2.00. The Labute approximate surface area is 164 Å². The number of benzene rings is 1. The van der Waals surface area contributed by atoms with Crippen molar-refractivity contribution in [1.82, 2.24) is 0 Å². The highest BCUT2D eigenvalue weighted by Crippen LogP contribution is 2.05. The molecule has 1 aromatic carbocycles. The molecule has 0 aliphatic heterocycles. The quantitative estimate of drug-likeness (QED) is 0.341. The second-order valence-corrected chi connectivity index (χ2v) is 6.31. The number of methoxy groups -OCH3 is 2. The second kappa shape index (κ2) is 23.6. The molecule has 25 heavy (non-hydrogen) atoms. The van der Waals surface area contributed by atoms with Crippen LogP contribution in [0.5, 0.6) is 0 Å². The summed E-state index contributed by atoms with van der Waals surface area (Å²) in [6.07, 6.45) is 6.31. The number of ether oxygens (including phenoxy) is 3. The van der Waals surface area contributed by atoms with Gasteiger partial charge in [0.05, 0.1) is 26.4 Å². The molecule has 0 atom stereocenters. The van der Waals surface area contributed by atoms with Crippen molar-refractivity contribution >= 4 is 15.9 Å². The summed E-state index contributed by atoms with van der Waals surface area (Å²) in [5.41, 5.74) is 2.89. The van der Waals surface area contributed by atoms with Crippen LogP contribution in [0.25, 0.3) is 0 Å². The summed E-state index contributed by atoms with van der Waals surface area (Å²) in [4.78, 5) is 0. The Balaban J connectivity index is 0. The van der Waals surface area contributed by atoms with Crippen molar-refractivity contribution in [2.24, 2.45) is 0 Å². The molecule has 1 rings (SSSR count). The normalized spacial score (nSPS) is 9.68. The third kappa shape index (κ3) is 21.5. The lowest BCUT2D eigenvalue weighted by molar-refractivity contribution is 0.0385. The maximum atomic E-state index is 5.06. The topological polar surface area (TPSA) is 27.7 Å². The number of hydrogen-bond donors (Lipinski definition) is 0. The first-order chi connectivity index (χ1) is 12.2. The average molecular weight is 419 g/mol. The molecular formula is C21H39BrO3. The fourth-order valence-electron chi connectivity index (χ4n) is 1.80. The average Bonchev–Trinajstić information content (AvgIpc) is 2.67. The van der Waals surface area contributed by atoms with Gasteiger partial charge in [-0.25, -0.2) is 0 Å². The monoisotopic (exact) mass is 418 g/mol. The standard InChI is InChI=1S/C10H14.C6H14O3.C5H11Br/c1-3-9-6-5-7-10(4-2)8-9;1-7-3-5-9-6-4-8-2;1-2-3-4-5-6/h5-8H,3-4H2,1-2H3;3-6H2,1-2H3;2-5H2,1H3. The first-order valence-electron chi connectivity index (χ1n) is 9.39. The van der Waals surface area contributed by atoms with Crippen LogP contribution < -0.4 is 0 Å². The summed E-state index contributed by atoms with van der Waals surface area (Å²) in [7, 11) is 3.30. The van der Waals surface area contributed by atoms with Gasteiger partial charge in [0.25, 0.3) is 0 Å². The Bertz CT molecular complexity index is 329. The highest BCUT2D eigenvalue weighted by Gasteiger charge is 1.89. The van der Waals surface area contributed by atoms with Crippen LogP contribution in [-0.4, -0.2) is 46.0 Å². The molecule has 1 aromatic rings. The minimum Gasteiger partial charge on any atom is -0.382 e. The molecule has 0 bridgehead atoms. The number of alkyl halides is 1. The van der Waals surface area contributed by atoms with Gasteiger partial charge in [-0.1, -0.05) is 73.8 Å². The fraction of sp³-hybridized carbons (Fsp3) is 0.714. The summed E-state index contributed by atoms with van der Waals surface area (Å²) in [6.45, 7) is 9.21. The molecule has 0 spiro atoms. The van der Waals surface area contributed by atoms with E-state index in [9.17, 15) is 0 Å². The Morgan fingerprint density at radius 3 is 1.64 bits per heavy atom. The van der Waals surface area contributed by atoms with E-state index in [2.05, 4.69) is 61.0 Å². The van der Waals surface area contributed by atoms with Crippen LogP contribution >= 0.6 is 15.9 Å². The number of unbranched alkanes of at least 4 members (excludes halogenated alkanes) is 2. The second-order valence-electron chi connectivity index (χ2n) is 5.52. The lowest BCUT2D eigenvalue weighted by atomic mass is 10.1. The fourth-order valence-corrected chi connectivity index (χ4v) is 2.20. The molecule has 0 unspecified atom stereocenters. The zero-order valence-electron chi connectivity index (χ0n) is 17.0. The minimum absolute atomic E-state index is 0.653. The van der Waals surface area contributed by atoms with Gasteiger partial charge in [0.1, 0.15) is 0 Å². The Kier molecular flexibility index (Phi) is 25.3. The zero-order valence-corrected chi connectivity index (χ0v) is 18.6. The van der Waals surface area contributed by atoms with E-state index in [0.717, 1.165) is 12.8 Å². The summed E-state index contributed by atoms with van der Waals surface area (Å²) < 4.78 is 14.6. The van der Waals surface area contributed by atoms with Gasteiger partial charge in [-0.05, 0) is 30.4 Å². The summed E-state index contributed by atoms with van der Waals surface area (Å²) in [6, 6.07) is 8.77. The van der Waals surface area contributed by atoms with E-state index >= 15 is 0 Å². The molecule has 0 radical (unpaired) electrons. The van der Waals surface area contributed by atoms with Gasteiger partial charge in [-0.15, -0.1) is 0 Å². The van der Waals surface area contributed by atoms with Crippen molar-refractivity contribution < 1.29 is 14.2 Å². The molecule has 3 nitrogen and oxygen atoms in total. The molecule has 4 heteroatoms. The zero-order chi connectivity index (χ0) is 19.2. The molecule has 0 aromatic heterocycles. The van der Waals surface area contributed by atoms with Gasteiger partial charge < -0.3 is 14.2 Å². The third-order valence-electron chi connectivity index (χ3n) is 3.41.